The van der Waals surface area contributed by atoms with Crippen LogP contribution in [0.4, 0.5) is 0 Å². The predicted molar refractivity (Wildman–Crippen MR) is 58.6 cm³/mol. The fourth-order valence-corrected chi connectivity index (χ4v) is 2.47. The summed E-state index contributed by atoms with van der Waals surface area (Å²) in [4.78, 5) is 10.7. The summed E-state index contributed by atoms with van der Waals surface area (Å²) in [6.45, 7) is 0. The Balaban J connectivity index is 2.41. The van der Waals surface area contributed by atoms with Crippen LogP contribution in [0.1, 0.15) is 24.0 Å². The molecule has 3 nitrogen and oxygen atoms in total. The van der Waals surface area contributed by atoms with Crippen LogP contribution >= 0.6 is 15.9 Å². The maximum Gasteiger partial charge on any atom is 0.306 e. The van der Waals surface area contributed by atoms with Crippen molar-refractivity contribution in [3.63, 3.8) is 0 Å². The van der Waals surface area contributed by atoms with E-state index in [-0.39, 0.29) is 6.42 Å². The predicted octanol–water partition coefficient (Wildman–Crippen LogP) is 2.06. The van der Waals surface area contributed by atoms with Crippen molar-refractivity contribution in [3.8, 4) is 0 Å². The van der Waals surface area contributed by atoms with E-state index in [1.54, 1.807) is 0 Å². The largest absolute Gasteiger partial charge is 0.481 e. The van der Waals surface area contributed by atoms with E-state index in [2.05, 4.69) is 15.9 Å². The lowest BCUT2D eigenvalue weighted by molar-refractivity contribution is -0.142. The first-order valence-electron chi connectivity index (χ1n) is 4.74. The minimum atomic E-state index is -1.19. The second-order valence-corrected chi connectivity index (χ2v) is 4.82. The summed E-state index contributed by atoms with van der Waals surface area (Å²) in [5, 5.41) is 19.0. The quantitative estimate of drug-likeness (QED) is 0.865. The molecule has 2 rings (SSSR count). The zero-order valence-corrected chi connectivity index (χ0v) is 9.62. The molecule has 1 aliphatic rings. The molecule has 0 aromatic heterocycles. The number of hydrogen-bond acceptors (Lipinski definition) is 2. The van der Waals surface area contributed by atoms with Gasteiger partial charge in [0.25, 0.3) is 0 Å². The number of hydrogen-bond donors (Lipinski definition) is 2. The Morgan fingerprint density at radius 1 is 1.53 bits per heavy atom. The van der Waals surface area contributed by atoms with Gasteiger partial charge >= 0.3 is 5.97 Å². The molecule has 1 aromatic carbocycles. The van der Waals surface area contributed by atoms with Crippen LogP contribution < -0.4 is 0 Å². The zero-order valence-electron chi connectivity index (χ0n) is 8.03. The van der Waals surface area contributed by atoms with Crippen molar-refractivity contribution in [1.29, 1.82) is 0 Å². The van der Waals surface area contributed by atoms with Gasteiger partial charge in [-0.25, -0.2) is 0 Å². The van der Waals surface area contributed by atoms with Crippen LogP contribution in [0.3, 0.4) is 0 Å². The highest BCUT2D eigenvalue weighted by molar-refractivity contribution is 9.10. The van der Waals surface area contributed by atoms with Gasteiger partial charge in [0.2, 0.25) is 0 Å². The zero-order chi connectivity index (χ0) is 11.1. The lowest BCUT2D eigenvalue weighted by Gasteiger charge is -2.21. The minimum absolute atomic E-state index is 0.226. The van der Waals surface area contributed by atoms with E-state index in [4.69, 9.17) is 5.11 Å². The number of carboxylic acids is 1. The molecular formula is C11H11BrO3. The molecular weight excluding hydrogens is 260 g/mol. The van der Waals surface area contributed by atoms with E-state index in [1.165, 1.54) is 0 Å². The first-order chi connectivity index (χ1) is 7.01. The summed E-state index contributed by atoms with van der Waals surface area (Å²) >= 11 is 3.32. The van der Waals surface area contributed by atoms with Crippen LogP contribution in [0.15, 0.2) is 22.7 Å². The Hall–Kier alpha value is -0.870. The highest BCUT2D eigenvalue weighted by Crippen LogP contribution is 2.40. The van der Waals surface area contributed by atoms with Gasteiger partial charge in [0.1, 0.15) is 5.60 Å². The molecule has 2 N–H and O–H groups in total. The van der Waals surface area contributed by atoms with Gasteiger partial charge in [-0.3, -0.25) is 4.79 Å². The molecule has 0 saturated heterocycles. The highest BCUT2D eigenvalue weighted by Gasteiger charge is 2.38. The lowest BCUT2D eigenvalue weighted by atomic mass is 9.92. The number of aliphatic hydroxyl groups is 1. The van der Waals surface area contributed by atoms with Crippen molar-refractivity contribution in [2.24, 2.45) is 0 Å². The third kappa shape index (κ3) is 1.92. The van der Waals surface area contributed by atoms with Crippen LogP contribution in [0.25, 0.3) is 0 Å². The normalized spacial score (nSPS) is 23.9. The molecule has 0 spiro atoms. The molecule has 0 heterocycles. The summed E-state index contributed by atoms with van der Waals surface area (Å²) in [5.41, 5.74) is 0.603. The Morgan fingerprint density at radius 3 is 2.93 bits per heavy atom. The molecule has 1 atom stereocenters. The molecule has 0 radical (unpaired) electrons. The lowest BCUT2D eigenvalue weighted by Crippen LogP contribution is -2.26. The maximum absolute atomic E-state index is 10.7. The number of carboxylic acid groups (broad SMARTS) is 1. The van der Waals surface area contributed by atoms with Crippen molar-refractivity contribution in [1.82, 2.24) is 0 Å². The fraction of sp³-hybridized carbons (Fsp3) is 0.364. The van der Waals surface area contributed by atoms with Gasteiger partial charge in [-0.15, -0.1) is 0 Å². The Morgan fingerprint density at radius 2 is 2.27 bits per heavy atom. The summed E-state index contributed by atoms with van der Waals surface area (Å²) < 4.78 is 0.868. The van der Waals surface area contributed by atoms with E-state index >= 15 is 0 Å². The molecule has 0 amide bonds. The minimum Gasteiger partial charge on any atom is -0.481 e. The first kappa shape index (κ1) is 10.6. The summed E-state index contributed by atoms with van der Waals surface area (Å²) in [7, 11) is 0. The second kappa shape index (κ2) is 3.61. The first-order valence-corrected chi connectivity index (χ1v) is 5.54. The van der Waals surface area contributed by atoms with E-state index in [0.29, 0.717) is 6.42 Å². The molecule has 80 valence electrons. The molecule has 0 aliphatic heterocycles. The van der Waals surface area contributed by atoms with Crippen molar-refractivity contribution in [2.75, 3.05) is 0 Å². The van der Waals surface area contributed by atoms with Crippen LogP contribution in [0.5, 0.6) is 0 Å². The number of fused-ring (bicyclic) bond motifs is 1. The maximum atomic E-state index is 10.7. The van der Waals surface area contributed by atoms with Crippen LogP contribution in [-0.2, 0) is 16.8 Å². The van der Waals surface area contributed by atoms with Gasteiger partial charge in [-0.2, -0.15) is 0 Å². The fourth-order valence-electron chi connectivity index (χ4n) is 2.11. The molecule has 0 fully saturated rings. The van der Waals surface area contributed by atoms with E-state index in [9.17, 15) is 9.90 Å². The number of carbonyl (C=O) groups is 1. The average molecular weight is 271 g/mol. The number of rotatable bonds is 2. The third-order valence-electron chi connectivity index (χ3n) is 2.82. The molecule has 15 heavy (non-hydrogen) atoms. The smallest absolute Gasteiger partial charge is 0.306 e. The SMILES string of the molecule is O=C(O)CC1(O)CCc2ccc(Br)cc21. The molecule has 1 aromatic rings. The third-order valence-corrected chi connectivity index (χ3v) is 3.32. The molecule has 0 bridgehead atoms. The van der Waals surface area contributed by atoms with Gasteiger partial charge in [-0.1, -0.05) is 22.0 Å². The Labute approximate surface area is 95.9 Å². The number of aryl methyl sites for hydroxylation is 1. The van der Waals surface area contributed by atoms with Crippen LogP contribution in [0.2, 0.25) is 0 Å². The van der Waals surface area contributed by atoms with Gasteiger partial charge < -0.3 is 10.2 Å². The highest BCUT2D eigenvalue weighted by atomic mass is 79.9. The molecule has 4 heteroatoms. The molecule has 1 aliphatic carbocycles. The Bertz CT molecular complexity index is 416. The number of benzene rings is 1. The van der Waals surface area contributed by atoms with Crippen LogP contribution in [-0.4, -0.2) is 16.2 Å². The summed E-state index contributed by atoms with van der Waals surface area (Å²) in [6, 6.07) is 5.65. The monoisotopic (exact) mass is 270 g/mol. The summed E-state index contributed by atoms with van der Waals surface area (Å²) in [6.07, 6.45) is 1.01. The average Bonchev–Trinajstić information content (AvgIpc) is 2.43. The molecule has 0 saturated carbocycles. The van der Waals surface area contributed by atoms with Crippen molar-refractivity contribution in [2.45, 2.75) is 24.9 Å². The number of aliphatic carboxylic acids is 1. The van der Waals surface area contributed by atoms with Gasteiger partial charge in [-0.05, 0) is 36.1 Å². The van der Waals surface area contributed by atoms with Gasteiger partial charge in [0, 0.05) is 4.47 Å². The van der Waals surface area contributed by atoms with Crippen LogP contribution in [0, 0.1) is 0 Å². The topological polar surface area (TPSA) is 57.5 Å². The van der Waals surface area contributed by atoms with E-state index in [0.717, 1.165) is 22.0 Å². The van der Waals surface area contributed by atoms with Crippen molar-refractivity contribution in [3.05, 3.63) is 33.8 Å². The Kier molecular flexibility index (Phi) is 2.56. The summed E-state index contributed by atoms with van der Waals surface area (Å²) in [5.74, 6) is -0.967. The van der Waals surface area contributed by atoms with Crippen molar-refractivity contribution < 1.29 is 15.0 Å². The number of halogens is 1. The standard InChI is InChI=1S/C11H11BrO3/c12-8-2-1-7-3-4-11(15,6-10(13)14)9(7)5-8/h1-2,5,15H,3-4,6H2,(H,13,14). The second-order valence-electron chi connectivity index (χ2n) is 3.90. The van der Waals surface area contributed by atoms with E-state index in [1.807, 2.05) is 18.2 Å². The van der Waals surface area contributed by atoms with Gasteiger partial charge in [0.15, 0.2) is 0 Å². The van der Waals surface area contributed by atoms with Gasteiger partial charge in [0.05, 0.1) is 6.42 Å². The van der Waals surface area contributed by atoms with E-state index < -0.39 is 11.6 Å². The van der Waals surface area contributed by atoms with Crippen molar-refractivity contribution >= 4 is 21.9 Å². The molecule has 1 unspecified atom stereocenters.